The Morgan fingerprint density at radius 3 is 2.61 bits per heavy atom. The molecule has 100 valence electrons. The number of nitrogens with two attached hydrogens (primary N) is 1. The zero-order chi connectivity index (χ0) is 13.2. The Balaban J connectivity index is 2.03. The first kappa shape index (κ1) is 13.0. The van der Waals surface area contributed by atoms with Gasteiger partial charge < -0.3 is 10.2 Å². The van der Waals surface area contributed by atoms with E-state index in [1.165, 1.54) is 19.3 Å². The maximum absolute atomic E-state index is 5.34. The predicted octanol–water partition coefficient (Wildman–Crippen LogP) is 0.967. The highest BCUT2D eigenvalue weighted by Gasteiger charge is 2.38. The number of hydrogen-bond acceptors (Lipinski definition) is 6. The number of aromatic nitrogens is 2. The monoisotopic (exact) mass is 250 g/mol. The minimum atomic E-state index is 0.273. The minimum Gasteiger partial charge on any atom is -0.368 e. The minimum absolute atomic E-state index is 0.273. The first-order valence-corrected chi connectivity index (χ1v) is 6.29. The number of anilines is 2. The number of hydrogen-bond donors (Lipinski definition) is 3. The third-order valence-electron chi connectivity index (χ3n) is 3.81. The summed E-state index contributed by atoms with van der Waals surface area (Å²) in [5.41, 5.74) is 3.65. The maximum Gasteiger partial charge on any atom is 0.239 e. The van der Waals surface area contributed by atoms with Gasteiger partial charge >= 0.3 is 0 Å². The summed E-state index contributed by atoms with van der Waals surface area (Å²) in [6, 6.07) is 1.93. The molecule has 1 aromatic rings. The molecule has 0 saturated heterocycles. The van der Waals surface area contributed by atoms with Gasteiger partial charge in [0, 0.05) is 23.8 Å². The molecule has 6 heteroatoms. The SMILES string of the molecule is Cc1cc(NCC2(N(C)C)CCC2)nc(NN)n1. The van der Waals surface area contributed by atoms with Gasteiger partial charge in [-0.15, -0.1) is 0 Å². The number of rotatable bonds is 5. The van der Waals surface area contributed by atoms with E-state index in [1.807, 2.05) is 13.0 Å². The molecular formula is C12H22N6. The summed E-state index contributed by atoms with van der Waals surface area (Å²) in [4.78, 5) is 10.8. The standard InChI is InChI=1S/C12H22N6/c1-9-7-10(16-11(15-9)17-13)14-8-12(18(2)3)5-4-6-12/h7H,4-6,8,13H2,1-3H3,(H2,14,15,16,17). The fourth-order valence-corrected chi connectivity index (χ4v) is 2.35. The number of likely N-dealkylation sites (N-methyl/N-ethyl adjacent to an activating group) is 1. The molecular weight excluding hydrogens is 228 g/mol. The fraction of sp³-hybridized carbons (Fsp3) is 0.667. The van der Waals surface area contributed by atoms with Gasteiger partial charge in [0.15, 0.2) is 0 Å². The molecule has 1 heterocycles. The van der Waals surface area contributed by atoms with Crippen molar-refractivity contribution >= 4 is 11.8 Å². The molecule has 0 aliphatic heterocycles. The van der Waals surface area contributed by atoms with Crippen molar-refractivity contribution < 1.29 is 0 Å². The molecule has 6 nitrogen and oxygen atoms in total. The van der Waals surface area contributed by atoms with Crippen molar-refractivity contribution in [3.8, 4) is 0 Å². The van der Waals surface area contributed by atoms with Crippen LogP contribution >= 0.6 is 0 Å². The molecule has 1 aliphatic rings. The second kappa shape index (κ2) is 5.07. The number of nitrogen functional groups attached to an aromatic ring is 1. The van der Waals surface area contributed by atoms with E-state index in [9.17, 15) is 0 Å². The first-order chi connectivity index (χ1) is 8.55. The van der Waals surface area contributed by atoms with Crippen LogP contribution in [0, 0.1) is 6.92 Å². The van der Waals surface area contributed by atoms with Gasteiger partial charge in [-0.05, 0) is 40.3 Å². The van der Waals surface area contributed by atoms with Gasteiger partial charge in [0.05, 0.1) is 0 Å². The fourth-order valence-electron chi connectivity index (χ4n) is 2.35. The van der Waals surface area contributed by atoms with Gasteiger partial charge in [0.2, 0.25) is 5.95 Å². The average Bonchev–Trinajstić information content (AvgIpc) is 2.26. The molecule has 0 aromatic carbocycles. The highest BCUT2D eigenvalue weighted by atomic mass is 15.3. The van der Waals surface area contributed by atoms with Crippen molar-refractivity contribution in [2.45, 2.75) is 31.7 Å². The van der Waals surface area contributed by atoms with E-state index in [-0.39, 0.29) is 5.54 Å². The van der Waals surface area contributed by atoms with Crippen LogP contribution in [0.4, 0.5) is 11.8 Å². The molecule has 0 spiro atoms. The topological polar surface area (TPSA) is 79.1 Å². The van der Waals surface area contributed by atoms with E-state index in [0.29, 0.717) is 5.95 Å². The highest BCUT2D eigenvalue weighted by molar-refractivity contribution is 5.42. The van der Waals surface area contributed by atoms with Crippen molar-refractivity contribution in [2.75, 3.05) is 31.4 Å². The van der Waals surface area contributed by atoms with Crippen LogP contribution in [0.25, 0.3) is 0 Å². The van der Waals surface area contributed by atoms with Crippen molar-refractivity contribution in [1.82, 2.24) is 14.9 Å². The molecule has 1 aliphatic carbocycles. The Morgan fingerprint density at radius 1 is 1.39 bits per heavy atom. The van der Waals surface area contributed by atoms with Crippen LogP contribution < -0.4 is 16.6 Å². The molecule has 0 radical (unpaired) electrons. The first-order valence-electron chi connectivity index (χ1n) is 6.29. The summed E-state index contributed by atoms with van der Waals surface area (Å²) in [5, 5.41) is 3.40. The molecule has 1 aromatic heterocycles. The lowest BCUT2D eigenvalue weighted by Gasteiger charge is -2.47. The predicted molar refractivity (Wildman–Crippen MR) is 73.3 cm³/mol. The molecule has 1 saturated carbocycles. The second-order valence-corrected chi connectivity index (χ2v) is 5.19. The van der Waals surface area contributed by atoms with E-state index >= 15 is 0 Å². The molecule has 2 rings (SSSR count). The Kier molecular flexibility index (Phi) is 3.68. The van der Waals surface area contributed by atoms with Crippen molar-refractivity contribution in [3.63, 3.8) is 0 Å². The Labute approximate surface area is 108 Å². The van der Waals surface area contributed by atoms with E-state index in [4.69, 9.17) is 5.84 Å². The van der Waals surface area contributed by atoms with Crippen LogP contribution in [0.5, 0.6) is 0 Å². The van der Waals surface area contributed by atoms with Gasteiger partial charge in [-0.1, -0.05) is 0 Å². The molecule has 1 fully saturated rings. The lowest BCUT2D eigenvalue weighted by molar-refractivity contribution is 0.0738. The highest BCUT2D eigenvalue weighted by Crippen LogP contribution is 2.36. The lowest BCUT2D eigenvalue weighted by atomic mass is 9.75. The molecule has 0 amide bonds. The molecule has 4 N–H and O–H groups in total. The van der Waals surface area contributed by atoms with Crippen LogP contribution in [-0.4, -0.2) is 41.0 Å². The second-order valence-electron chi connectivity index (χ2n) is 5.19. The van der Waals surface area contributed by atoms with E-state index in [2.05, 4.69) is 39.7 Å². The van der Waals surface area contributed by atoms with E-state index < -0.39 is 0 Å². The average molecular weight is 250 g/mol. The Morgan fingerprint density at radius 2 is 2.11 bits per heavy atom. The van der Waals surface area contributed by atoms with Crippen molar-refractivity contribution in [2.24, 2.45) is 5.84 Å². The summed E-state index contributed by atoms with van der Waals surface area (Å²) in [6.45, 7) is 2.83. The van der Waals surface area contributed by atoms with Crippen LogP contribution in [0.3, 0.4) is 0 Å². The van der Waals surface area contributed by atoms with Crippen LogP contribution in [-0.2, 0) is 0 Å². The van der Waals surface area contributed by atoms with Crippen LogP contribution in [0.2, 0.25) is 0 Å². The third kappa shape index (κ3) is 2.54. The summed E-state index contributed by atoms with van der Waals surface area (Å²) >= 11 is 0. The number of aryl methyl sites for hydroxylation is 1. The van der Waals surface area contributed by atoms with Crippen molar-refractivity contribution in [3.05, 3.63) is 11.8 Å². The van der Waals surface area contributed by atoms with Crippen LogP contribution in [0.1, 0.15) is 25.0 Å². The van der Waals surface area contributed by atoms with Gasteiger partial charge in [0.25, 0.3) is 0 Å². The molecule has 18 heavy (non-hydrogen) atoms. The van der Waals surface area contributed by atoms with Gasteiger partial charge in [-0.3, -0.25) is 5.43 Å². The van der Waals surface area contributed by atoms with E-state index in [1.54, 1.807) is 0 Å². The summed E-state index contributed by atoms with van der Waals surface area (Å²) in [7, 11) is 4.28. The number of nitrogens with one attached hydrogen (secondary N) is 2. The summed E-state index contributed by atoms with van der Waals surface area (Å²) in [6.07, 6.45) is 3.77. The smallest absolute Gasteiger partial charge is 0.239 e. The normalized spacial score (nSPS) is 17.4. The molecule has 0 unspecified atom stereocenters. The Bertz CT molecular complexity index is 413. The summed E-state index contributed by atoms with van der Waals surface area (Å²) < 4.78 is 0. The van der Waals surface area contributed by atoms with Crippen molar-refractivity contribution in [1.29, 1.82) is 0 Å². The maximum atomic E-state index is 5.34. The molecule has 0 atom stereocenters. The lowest BCUT2D eigenvalue weighted by Crippen LogP contribution is -2.54. The molecule has 0 bridgehead atoms. The number of nitrogens with zero attached hydrogens (tertiary/aromatic N) is 3. The zero-order valence-corrected chi connectivity index (χ0v) is 11.3. The largest absolute Gasteiger partial charge is 0.368 e. The number of hydrazine groups is 1. The van der Waals surface area contributed by atoms with Gasteiger partial charge in [-0.25, -0.2) is 10.8 Å². The van der Waals surface area contributed by atoms with Crippen LogP contribution in [0.15, 0.2) is 6.07 Å². The summed E-state index contributed by atoms with van der Waals surface area (Å²) in [5.74, 6) is 6.62. The third-order valence-corrected chi connectivity index (χ3v) is 3.81. The van der Waals surface area contributed by atoms with Gasteiger partial charge in [-0.2, -0.15) is 4.98 Å². The zero-order valence-electron chi connectivity index (χ0n) is 11.3. The van der Waals surface area contributed by atoms with E-state index in [0.717, 1.165) is 18.1 Å². The quantitative estimate of drug-likeness (QED) is 0.534. The Hall–Kier alpha value is -1.40. The van der Waals surface area contributed by atoms with Gasteiger partial charge in [0.1, 0.15) is 5.82 Å².